The Morgan fingerprint density at radius 1 is 1.12 bits per heavy atom. The zero-order valence-corrected chi connectivity index (χ0v) is 20.5. The van der Waals surface area contributed by atoms with E-state index in [4.69, 9.17) is 9.15 Å². The Kier molecular flexibility index (Phi) is 8.11. The molecule has 0 spiro atoms. The number of nitrogens with zero attached hydrogens (tertiary/aromatic N) is 3. The number of thioether (sulfide) groups is 1. The second-order valence-electron chi connectivity index (χ2n) is 7.03. The fourth-order valence-corrected chi connectivity index (χ4v) is 5.12. The molecule has 0 unspecified atom stereocenters. The van der Waals surface area contributed by atoms with Gasteiger partial charge in [0, 0.05) is 18.7 Å². The number of methoxy groups -OCH3 is 1. The van der Waals surface area contributed by atoms with Crippen molar-refractivity contribution in [2.75, 3.05) is 31.3 Å². The summed E-state index contributed by atoms with van der Waals surface area (Å²) >= 11 is 1.10. The van der Waals surface area contributed by atoms with E-state index in [1.807, 2.05) is 19.1 Å². The van der Waals surface area contributed by atoms with Gasteiger partial charge < -0.3 is 14.5 Å². The van der Waals surface area contributed by atoms with E-state index in [0.29, 0.717) is 30.1 Å². The van der Waals surface area contributed by atoms with E-state index >= 15 is 0 Å². The van der Waals surface area contributed by atoms with Gasteiger partial charge in [-0.3, -0.25) is 4.79 Å². The molecule has 0 atom stereocenters. The molecular weight excluding hydrogens is 464 g/mol. The van der Waals surface area contributed by atoms with Gasteiger partial charge in [-0.25, -0.2) is 8.42 Å². The van der Waals surface area contributed by atoms with Crippen LogP contribution in [0.3, 0.4) is 0 Å². The van der Waals surface area contributed by atoms with Crippen LogP contribution in [0, 0.1) is 6.92 Å². The zero-order valence-electron chi connectivity index (χ0n) is 18.9. The lowest BCUT2D eigenvalue weighted by atomic mass is 10.2. The van der Waals surface area contributed by atoms with Crippen molar-refractivity contribution >= 4 is 33.4 Å². The lowest BCUT2D eigenvalue weighted by Crippen LogP contribution is -2.30. The molecule has 0 fully saturated rings. The van der Waals surface area contributed by atoms with Gasteiger partial charge in [0.05, 0.1) is 23.4 Å². The zero-order chi connectivity index (χ0) is 24.0. The SMILES string of the molecule is CCN(CC)S(=O)(=O)c1ccc(-c2nnc(SCC(=O)Nc3cc(C)ccc3OC)o2)cc1. The lowest BCUT2D eigenvalue weighted by Gasteiger charge is -2.18. The molecule has 1 N–H and O–H groups in total. The lowest BCUT2D eigenvalue weighted by molar-refractivity contribution is -0.113. The number of nitrogens with one attached hydrogen (secondary N) is 1. The molecule has 11 heteroatoms. The second kappa shape index (κ2) is 10.8. The average Bonchev–Trinajstić information content (AvgIpc) is 3.28. The monoisotopic (exact) mass is 490 g/mol. The van der Waals surface area contributed by atoms with Gasteiger partial charge in [-0.15, -0.1) is 10.2 Å². The van der Waals surface area contributed by atoms with Crippen LogP contribution >= 0.6 is 11.8 Å². The van der Waals surface area contributed by atoms with Gasteiger partial charge in [0.1, 0.15) is 5.75 Å². The molecule has 0 saturated carbocycles. The van der Waals surface area contributed by atoms with Crippen molar-refractivity contribution in [1.82, 2.24) is 14.5 Å². The molecule has 3 aromatic rings. The van der Waals surface area contributed by atoms with Gasteiger partial charge >= 0.3 is 0 Å². The van der Waals surface area contributed by atoms with Gasteiger partial charge in [0.2, 0.25) is 21.8 Å². The topological polar surface area (TPSA) is 115 Å². The number of amides is 1. The number of carbonyl (C=O) groups excluding carboxylic acids is 1. The molecule has 176 valence electrons. The Morgan fingerprint density at radius 3 is 2.45 bits per heavy atom. The molecule has 0 aliphatic carbocycles. The third kappa shape index (κ3) is 5.92. The summed E-state index contributed by atoms with van der Waals surface area (Å²) in [6.07, 6.45) is 0. The molecule has 33 heavy (non-hydrogen) atoms. The van der Waals surface area contributed by atoms with Gasteiger partial charge in [0.25, 0.3) is 5.22 Å². The number of aryl methyl sites for hydroxylation is 1. The highest BCUT2D eigenvalue weighted by atomic mass is 32.2. The van der Waals surface area contributed by atoms with Crippen LogP contribution in [-0.2, 0) is 14.8 Å². The molecule has 0 aliphatic rings. The van der Waals surface area contributed by atoms with Gasteiger partial charge in [-0.2, -0.15) is 4.31 Å². The molecule has 0 saturated heterocycles. The van der Waals surface area contributed by atoms with Crippen molar-refractivity contribution in [2.45, 2.75) is 30.9 Å². The molecular formula is C22H26N4O5S2. The number of anilines is 1. The second-order valence-corrected chi connectivity index (χ2v) is 9.89. The van der Waals surface area contributed by atoms with Crippen LogP contribution in [0.5, 0.6) is 5.75 Å². The minimum Gasteiger partial charge on any atom is -0.495 e. The van der Waals surface area contributed by atoms with E-state index < -0.39 is 10.0 Å². The summed E-state index contributed by atoms with van der Waals surface area (Å²) in [6, 6.07) is 11.8. The molecule has 1 heterocycles. The number of carbonyl (C=O) groups is 1. The largest absolute Gasteiger partial charge is 0.495 e. The minimum atomic E-state index is -3.54. The first-order chi connectivity index (χ1) is 15.8. The highest BCUT2D eigenvalue weighted by Crippen LogP contribution is 2.27. The summed E-state index contributed by atoms with van der Waals surface area (Å²) in [7, 11) is -2.00. The van der Waals surface area contributed by atoms with Crippen LogP contribution in [0.25, 0.3) is 11.5 Å². The first kappa shape index (κ1) is 24.7. The Morgan fingerprint density at radius 2 is 1.82 bits per heavy atom. The van der Waals surface area contributed by atoms with Crippen LogP contribution in [0.1, 0.15) is 19.4 Å². The van der Waals surface area contributed by atoms with Crippen molar-refractivity contribution in [1.29, 1.82) is 0 Å². The molecule has 3 rings (SSSR count). The number of hydrogen-bond acceptors (Lipinski definition) is 8. The first-order valence-electron chi connectivity index (χ1n) is 10.3. The van der Waals surface area contributed by atoms with Gasteiger partial charge in [0.15, 0.2) is 0 Å². The minimum absolute atomic E-state index is 0.0692. The maximum atomic E-state index is 12.6. The fraction of sp³-hybridized carbons (Fsp3) is 0.318. The maximum Gasteiger partial charge on any atom is 0.277 e. The number of sulfonamides is 1. The van der Waals surface area contributed by atoms with E-state index in [-0.39, 0.29) is 27.7 Å². The predicted octanol–water partition coefficient (Wildman–Crippen LogP) is 3.81. The smallest absolute Gasteiger partial charge is 0.277 e. The van der Waals surface area contributed by atoms with Crippen LogP contribution in [-0.4, -0.2) is 54.8 Å². The van der Waals surface area contributed by atoms with E-state index in [1.165, 1.54) is 16.4 Å². The molecule has 0 aliphatic heterocycles. The maximum absolute atomic E-state index is 12.6. The number of benzene rings is 2. The Labute approximate surface area is 197 Å². The summed E-state index contributed by atoms with van der Waals surface area (Å²) in [6.45, 7) is 6.31. The third-order valence-corrected chi connectivity index (χ3v) is 7.69. The number of ether oxygens (including phenoxy) is 1. The summed E-state index contributed by atoms with van der Waals surface area (Å²) in [4.78, 5) is 12.5. The van der Waals surface area contributed by atoms with Crippen molar-refractivity contribution in [3.8, 4) is 17.2 Å². The third-order valence-electron chi connectivity index (χ3n) is 4.81. The van der Waals surface area contributed by atoms with Crippen molar-refractivity contribution < 1.29 is 22.4 Å². The van der Waals surface area contributed by atoms with Crippen LogP contribution in [0.15, 0.2) is 57.0 Å². The predicted molar refractivity (Wildman–Crippen MR) is 127 cm³/mol. The summed E-state index contributed by atoms with van der Waals surface area (Å²) in [5, 5.41) is 11.0. The summed E-state index contributed by atoms with van der Waals surface area (Å²) in [5.41, 5.74) is 2.17. The van der Waals surface area contributed by atoms with Crippen molar-refractivity contribution in [3.63, 3.8) is 0 Å². The van der Waals surface area contributed by atoms with Crippen molar-refractivity contribution in [3.05, 3.63) is 48.0 Å². The Hall–Kier alpha value is -2.89. The van der Waals surface area contributed by atoms with Gasteiger partial charge in [-0.05, 0) is 48.9 Å². The van der Waals surface area contributed by atoms with Crippen LogP contribution in [0.4, 0.5) is 5.69 Å². The molecule has 9 nitrogen and oxygen atoms in total. The Bertz CT molecular complexity index is 1210. The fourth-order valence-electron chi connectivity index (χ4n) is 3.10. The van der Waals surface area contributed by atoms with E-state index in [1.54, 1.807) is 39.2 Å². The number of rotatable bonds is 10. The molecule has 0 radical (unpaired) electrons. The highest BCUT2D eigenvalue weighted by molar-refractivity contribution is 7.99. The van der Waals surface area contributed by atoms with E-state index in [9.17, 15) is 13.2 Å². The van der Waals surface area contributed by atoms with E-state index in [2.05, 4.69) is 15.5 Å². The summed E-state index contributed by atoms with van der Waals surface area (Å²) in [5.74, 6) is 0.643. The molecule has 2 aromatic carbocycles. The quantitative estimate of drug-likeness (QED) is 0.427. The Balaban J connectivity index is 1.63. The van der Waals surface area contributed by atoms with Crippen LogP contribution in [0.2, 0.25) is 0 Å². The van der Waals surface area contributed by atoms with Gasteiger partial charge in [-0.1, -0.05) is 31.7 Å². The highest BCUT2D eigenvalue weighted by Gasteiger charge is 2.22. The average molecular weight is 491 g/mol. The molecule has 1 aromatic heterocycles. The van der Waals surface area contributed by atoms with E-state index in [0.717, 1.165) is 17.3 Å². The van der Waals surface area contributed by atoms with Crippen molar-refractivity contribution in [2.24, 2.45) is 0 Å². The standard InChI is InChI=1S/C22H26N4O5S2/c1-5-26(6-2)33(28,29)17-10-8-16(9-11-17)21-24-25-22(31-21)32-14-20(27)23-18-13-15(3)7-12-19(18)30-4/h7-13H,5-6,14H2,1-4H3,(H,23,27). The molecule has 0 bridgehead atoms. The molecule has 1 amide bonds. The van der Waals surface area contributed by atoms with Crippen LogP contribution < -0.4 is 10.1 Å². The summed E-state index contributed by atoms with van der Waals surface area (Å²) < 4.78 is 37.5. The number of aromatic nitrogens is 2. The first-order valence-corrected chi connectivity index (χ1v) is 12.7. The normalized spacial score (nSPS) is 11.5. The number of hydrogen-bond donors (Lipinski definition) is 1.